The first-order valence-electron chi connectivity index (χ1n) is 6.65. The van der Waals surface area contributed by atoms with Gasteiger partial charge in [-0.1, -0.05) is 4.85 Å². The number of carbonyl (C=O) groups is 1. The van der Waals surface area contributed by atoms with Crippen molar-refractivity contribution >= 4 is 23.1 Å². The molecular formula is C13H17N5O2. The highest BCUT2D eigenvalue weighted by molar-refractivity contribution is 5.89. The lowest BCUT2D eigenvalue weighted by atomic mass is 10.0. The third-order valence-corrected chi connectivity index (χ3v) is 3.73. The minimum Gasteiger partial charge on any atom is -0.398 e. The first kappa shape index (κ1) is 12.7. The molecule has 2 aromatic heterocycles. The summed E-state index contributed by atoms with van der Waals surface area (Å²) >= 11 is 0. The van der Waals surface area contributed by atoms with E-state index < -0.39 is 0 Å². The van der Waals surface area contributed by atoms with E-state index >= 15 is 0 Å². The molecule has 0 atom stereocenters. The van der Waals surface area contributed by atoms with E-state index in [0.29, 0.717) is 0 Å². The second kappa shape index (κ2) is 5.36. The van der Waals surface area contributed by atoms with Crippen LogP contribution in [0.3, 0.4) is 0 Å². The standard InChI is InChI=1S/C13H17N5O2/c1-20-18-13-11(8-16-18)12(2-5-14-13)17-6-3-10(4-7-17)15-9-19/h2,5,8-10H,3-4,6-7H2,1H3,(H,15,19). The summed E-state index contributed by atoms with van der Waals surface area (Å²) in [6.07, 6.45) is 6.22. The van der Waals surface area contributed by atoms with Crippen molar-refractivity contribution in [2.75, 3.05) is 25.1 Å². The molecule has 0 aromatic carbocycles. The highest BCUT2D eigenvalue weighted by atomic mass is 16.7. The monoisotopic (exact) mass is 275 g/mol. The lowest BCUT2D eigenvalue weighted by Crippen LogP contribution is -2.42. The Balaban J connectivity index is 1.84. The zero-order valence-electron chi connectivity index (χ0n) is 11.3. The predicted molar refractivity (Wildman–Crippen MR) is 74.5 cm³/mol. The Morgan fingerprint density at radius 1 is 1.45 bits per heavy atom. The molecule has 1 saturated heterocycles. The number of pyridine rings is 1. The molecule has 0 saturated carbocycles. The van der Waals surface area contributed by atoms with E-state index in [4.69, 9.17) is 4.84 Å². The van der Waals surface area contributed by atoms with Gasteiger partial charge in [-0.2, -0.15) is 0 Å². The van der Waals surface area contributed by atoms with Crippen molar-refractivity contribution in [2.45, 2.75) is 18.9 Å². The van der Waals surface area contributed by atoms with E-state index in [1.165, 1.54) is 4.85 Å². The normalized spacial score (nSPS) is 16.4. The van der Waals surface area contributed by atoms with Crippen LogP contribution in [0.5, 0.6) is 0 Å². The maximum absolute atomic E-state index is 10.5. The van der Waals surface area contributed by atoms with Gasteiger partial charge in [0, 0.05) is 25.3 Å². The van der Waals surface area contributed by atoms with Gasteiger partial charge in [-0.3, -0.25) is 4.79 Å². The van der Waals surface area contributed by atoms with Gasteiger partial charge in [0.2, 0.25) is 12.1 Å². The van der Waals surface area contributed by atoms with Crippen molar-refractivity contribution in [2.24, 2.45) is 0 Å². The molecule has 2 aromatic rings. The van der Waals surface area contributed by atoms with Crippen molar-refractivity contribution in [3.05, 3.63) is 18.5 Å². The number of nitrogens with zero attached hydrogens (tertiary/aromatic N) is 4. The van der Waals surface area contributed by atoms with Crippen LogP contribution < -0.4 is 15.1 Å². The molecular weight excluding hydrogens is 258 g/mol. The molecule has 0 aliphatic carbocycles. The lowest BCUT2D eigenvalue weighted by molar-refractivity contribution is -0.110. The quantitative estimate of drug-likeness (QED) is 0.807. The minimum atomic E-state index is 0.280. The number of aromatic nitrogens is 3. The molecule has 20 heavy (non-hydrogen) atoms. The van der Waals surface area contributed by atoms with Crippen LogP contribution in [0.1, 0.15) is 12.8 Å². The van der Waals surface area contributed by atoms with Gasteiger partial charge < -0.3 is 15.1 Å². The van der Waals surface area contributed by atoms with Crippen LogP contribution >= 0.6 is 0 Å². The third-order valence-electron chi connectivity index (χ3n) is 3.73. The summed E-state index contributed by atoms with van der Waals surface area (Å²) < 4.78 is 0. The molecule has 1 aliphatic heterocycles. The van der Waals surface area contributed by atoms with Gasteiger partial charge in [0.25, 0.3) is 0 Å². The van der Waals surface area contributed by atoms with Crippen LogP contribution in [0.4, 0.5) is 5.69 Å². The summed E-state index contributed by atoms with van der Waals surface area (Å²) in [5.74, 6) is 0. The summed E-state index contributed by atoms with van der Waals surface area (Å²) in [7, 11) is 1.57. The number of carbonyl (C=O) groups excluding carboxylic acids is 1. The predicted octanol–water partition coefficient (Wildman–Crippen LogP) is 0.204. The molecule has 1 fully saturated rings. The van der Waals surface area contributed by atoms with Crippen molar-refractivity contribution in [1.29, 1.82) is 0 Å². The van der Waals surface area contributed by atoms with Crippen LogP contribution in [0.25, 0.3) is 11.0 Å². The largest absolute Gasteiger partial charge is 0.398 e. The molecule has 3 rings (SSSR count). The summed E-state index contributed by atoms with van der Waals surface area (Å²) in [5.41, 5.74) is 1.83. The average molecular weight is 275 g/mol. The topological polar surface area (TPSA) is 72.3 Å². The van der Waals surface area contributed by atoms with Crippen LogP contribution in [-0.4, -0.2) is 47.6 Å². The van der Waals surface area contributed by atoms with Gasteiger partial charge in [-0.25, -0.2) is 4.98 Å². The van der Waals surface area contributed by atoms with Crippen LogP contribution in [0, 0.1) is 0 Å². The van der Waals surface area contributed by atoms with Crippen LogP contribution in [-0.2, 0) is 4.79 Å². The summed E-state index contributed by atoms with van der Waals surface area (Å²) in [5, 5.41) is 7.99. The molecule has 3 heterocycles. The summed E-state index contributed by atoms with van der Waals surface area (Å²) in [4.78, 5) is 23.6. The number of rotatable bonds is 4. The highest BCUT2D eigenvalue weighted by Crippen LogP contribution is 2.27. The lowest BCUT2D eigenvalue weighted by Gasteiger charge is -2.33. The van der Waals surface area contributed by atoms with E-state index in [-0.39, 0.29) is 6.04 Å². The fraction of sp³-hybridized carbons (Fsp3) is 0.462. The Labute approximate surface area is 116 Å². The number of hydrogen-bond acceptors (Lipinski definition) is 5. The Hall–Kier alpha value is -2.31. The Kier molecular flexibility index (Phi) is 3.41. The van der Waals surface area contributed by atoms with Crippen LogP contribution in [0.2, 0.25) is 0 Å². The first-order chi connectivity index (χ1) is 9.83. The molecule has 1 amide bonds. The summed E-state index contributed by atoms with van der Waals surface area (Å²) in [6.45, 7) is 1.81. The third kappa shape index (κ3) is 2.15. The molecule has 1 aliphatic rings. The highest BCUT2D eigenvalue weighted by Gasteiger charge is 2.21. The first-order valence-corrected chi connectivity index (χ1v) is 6.65. The number of hydrogen-bond donors (Lipinski definition) is 1. The van der Waals surface area contributed by atoms with Gasteiger partial charge in [0.15, 0.2) is 0 Å². The van der Waals surface area contributed by atoms with Gasteiger partial charge in [-0.05, 0) is 18.9 Å². The smallest absolute Gasteiger partial charge is 0.207 e. The van der Waals surface area contributed by atoms with E-state index in [1.807, 2.05) is 6.07 Å². The number of amides is 1. The van der Waals surface area contributed by atoms with Crippen molar-refractivity contribution in [3.63, 3.8) is 0 Å². The van der Waals surface area contributed by atoms with E-state index in [9.17, 15) is 4.79 Å². The van der Waals surface area contributed by atoms with Crippen molar-refractivity contribution < 1.29 is 9.63 Å². The van der Waals surface area contributed by atoms with Crippen molar-refractivity contribution in [3.8, 4) is 0 Å². The maximum Gasteiger partial charge on any atom is 0.207 e. The van der Waals surface area contributed by atoms with E-state index in [0.717, 1.165) is 49.1 Å². The van der Waals surface area contributed by atoms with E-state index in [2.05, 4.69) is 20.3 Å². The van der Waals surface area contributed by atoms with Gasteiger partial charge in [-0.15, -0.1) is 5.10 Å². The number of nitrogens with one attached hydrogen (secondary N) is 1. The zero-order valence-corrected chi connectivity index (χ0v) is 11.3. The zero-order chi connectivity index (χ0) is 13.9. The molecule has 106 valence electrons. The Morgan fingerprint density at radius 2 is 2.25 bits per heavy atom. The molecule has 7 heteroatoms. The molecule has 0 bridgehead atoms. The second-order valence-corrected chi connectivity index (χ2v) is 4.81. The average Bonchev–Trinajstić information content (AvgIpc) is 2.91. The summed E-state index contributed by atoms with van der Waals surface area (Å²) in [6, 6.07) is 2.28. The number of anilines is 1. The molecule has 0 unspecified atom stereocenters. The fourth-order valence-electron chi connectivity index (χ4n) is 2.69. The van der Waals surface area contributed by atoms with Gasteiger partial charge >= 0.3 is 0 Å². The molecule has 0 spiro atoms. The Bertz CT molecular complexity index is 604. The number of piperidine rings is 1. The SMILES string of the molecule is COn1ncc2c(N3CCC(NC=O)CC3)ccnc21. The van der Waals surface area contributed by atoms with Crippen LogP contribution in [0.15, 0.2) is 18.5 Å². The molecule has 7 nitrogen and oxygen atoms in total. The maximum atomic E-state index is 10.5. The Morgan fingerprint density at radius 3 is 2.95 bits per heavy atom. The van der Waals surface area contributed by atoms with Gasteiger partial charge in [0.1, 0.15) is 7.11 Å². The van der Waals surface area contributed by atoms with E-state index in [1.54, 1.807) is 19.5 Å². The number of fused-ring (bicyclic) bond motifs is 1. The minimum absolute atomic E-state index is 0.280. The molecule has 1 N–H and O–H groups in total. The van der Waals surface area contributed by atoms with Gasteiger partial charge in [0.05, 0.1) is 17.3 Å². The second-order valence-electron chi connectivity index (χ2n) is 4.81. The van der Waals surface area contributed by atoms with Crippen molar-refractivity contribution in [1.82, 2.24) is 20.2 Å². The fourth-order valence-corrected chi connectivity index (χ4v) is 2.69. The molecule has 0 radical (unpaired) electrons.